The van der Waals surface area contributed by atoms with Gasteiger partial charge in [0.2, 0.25) is 0 Å². The van der Waals surface area contributed by atoms with E-state index in [9.17, 15) is 4.39 Å². The van der Waals surface area contributed by atoms with E-state index in [-0.39, 0.29) is 5.56 Å². The number of rotatable bonds is 1. The highest BCUT2D eigenvalue weighted by atomic mass is 19.1. The molecule has 0 aliphatic carbocycles. The van der Waals surface area contributed by atoms with Crippen LogP contribution in [0.3, 0.4) is 0 Å². The van der Waals surface area contributed by atoms with E-state index in [2.05, 4.69) is 11.8 Å². The molecule has 2 nitrogen and oxygen atoms in total. The summed E-state index contributed by atoms with van der Waals surface area (Å²) in [6.07, 6.45) is 4.67. The molecule has 0 saturated carbocycles. The highest BCUT2D eigenvalue weighted by molar-refractivity contribution is 5.60. The maximum atomic E-state index is 13.6. The maximum absolute atomic E-state index is 13.6. The number of benzene rings is 1. The van der Waals surface area contributed by atoms with Gasteiger partial charge in [-0.3, -0.25) is 0 Å². The highest BCUT2D eigenvalue weighted by Gasteiger charge is 2.21. The molecule has 0 aromatic heterocycles. The Morgan fingerprint density at radius 2 is 2.18 bits per heavy atom. The van der Waals surface area contributed by atoms with Crippen LogP contribution in [0.1, 0.15) is 38.2 Å². The van der Waals surface area contributed by atoms with Crippen molar-refractivity contribution in [3.05, 3.63) is 29.6 Å². The zero-order chi connectivity index (χ0) is 12.3. The van der Waals surface area contributed by atoms with Gasteiger partial charge in [0.05, 0.1) is 5.69 Å². The Morgan fingerprint density at radius 3 is 2.94 bits per heavy atom. The first-order chi connectivity index (χ1) is 8.24. The third-order valence-corrected chi connectivity index (χ3v) is 3.47. The second-order valence-electron chi connectivity index (χ2n) is 4.64. The smallest absolute Gasteiger partial charge is 0.143 e. The van der Waals surface area contributed by atoms with E-state index >= 15 is 0 Å². The van der Waals surface area contributed by atoms with E-state index in [0.29, 0.717) is 6.04 Å². The summed E-state index contributed by atoms with van der Waals surface area (Å²) in [4.78, 5) is 2.18. The van der Waals surface area contributed by atoms with Gasteiger partial charge in [0.1, 0.15) is 17.4 Å². The minimum Gasteiger partial charge on any atom is -0.368 e. The number of hydrogen-bond donors (Lipinski definition) is 0. The Kier molecular flexibility index (Phi) is 3.63. The van der Waals surface area contributed by atoms with Crippen molar-refractivity contribution in [1.82, 2.24) is 0 Å². The van der Waals surface area contributed by atoms with E-state index in [4.69, 9.17) is 5.26 Å². The van der Waals surface area contributed by atoms with Crippen molar-refractivity contribution in [3.8, 4) is 6.07 Å². The van der Waals surface area contributed by atoms with Crippen molar-refractivity contribution in [2.45, 2.75) is 38.6 Å². The van der Waals surface area contributed by atoms with Gasteiger partial charge in [-0.25, -0.2) is 4.39 Å². The van der Waals surface area contributed by atoms with Crippen LogP contribution >= 0.6 is 0 Å². The van der Waals surface area contributed by atoms with E-state index in [1.54, 1.807) is 6.07 Å². The fraction of sp³-hybridized carbons (Fsp3) is 0.500. The fourth-order valence-corrected chi connectivity index (χ4v) is 2.50. The molecule has 1 aliphatic rings. The summed E-state index contributed by atoms with van der Waals surface area (Å²) < 4.78 is 13.6. The summed E-state index contributed by atoms with van der Waals surface area (Å²) in [5, 5.41) is 9.07. The molecule has 0 bridgehead atoms. The Bertz CT molecular complexity index is 436. The van der Waals surface area contributed by atoms with Crippen molar-refractivity contribution in [1.29, 1.82) is 5.26 Å². The summed E-state index contributed by atoms with van der Waals surface area (Å²) in [7, 11) is 0. The van der Waals surface area contributed by atoms with Crippen molar-refractivity contribution in [3.63, 3.8) is 0 Å². The molecule has 0 amide bonds. The fourth-order valence-electron chi connectivity index (χ4n) is 2.50. The lowest BCUT2D eigenvalue weighted by atomic mass is 10.1. The molecule has 1 aromatic carbocycles. The maximum Gasteiger partial charge on any atom is 0.143 e. The van der Waals surface area contributed by atoms with Crippen molar-refractivity contribution >= 4 is 5.69 Å². The predicted octanol–water partition coefficient (Wildman–Crippen LogP) is 3.47. The minimum absolute atomic E-state index is 0.182. The summed E-state index contributed by atoms with van der Waals surface area (Å²) in [5.41, 5.74) is 0.933. The van der Waals surface area contributed by atoms with Crippen LogP contribution in [0.4, 0.5) is 10.1 Å². The number of halogens is 1. The average molecular weight is 232 g/mol. The molecule has 1 heterocycles. The van der Waals surface area contributed by atoms with Crippen LogP contribution in [0.15, 0.2) is 18.2 Å². The normalized spacial score (nSPS) is 20.8. The molecule has 1 aliphatic heterocycles. The van der Waals surface area contributed by atoms with Gasteiger partial charge in [-0.2, -0.15) is 5.26 Å². The molecule has 2 rings (SSSR count). The van der Waals surface area contributed by atoms with Crippen LogP contribution in [0.2, 0.25) is 0 Å². The monoisotopic (exact) mass is 232 g/mol. The molecule has 17 heavy (non-hydrogen) atoms. The lowest BCUT2D eigenvalue weighted by molar-refractivity contribution is 0.603. The first kappa shape index (κ1) is 11.9. The molecule has 3 heteroatoms. The van der Waals surface area contributed by atoms with Crippen LogP contribution in [0.25, 0.3) is 0 Å². The Morgan fingerprint density at radius 1 is 1.35 bits per heavy atom. The zero-order valence-corrected chi connectivity index (χ0v) is 10.1. The van der Waals surface area contributed by atoms with Crippen molar-refractivity contribution < 1.29 is 4.39 Å². The number of hydrogen-bond acceptors (Lipinski definition) is 2. The van der Waals surface area contributed by atoms with Crippen molar-refractivity contribution in [2.75, 3.05) is 11.4 Å². The summed E-state index contributed by atoms with van der Waals surface area (Å²) in [5.74, 6) is -0.415. The molecular weight excluding hydrogens is 215 g/mol. The van der Waals surface area contributed by atoms with Gasteiger partial charge in [0, 0.05) is 12.6 Å². The van der Waals surface area contributed by atoms with Gasteiger partial charge in [-0.1, -0.05) is 18.9 Å². The zero-order valence-electron chi connectivity index (χ0n) is 10.1. The second-order valence-corrected chi connectivity index (χ2v) is 4.64. The van der Waals surface area contributed by atoms with E-state index in [1.165, 1.54) is 18.9 Å². The molecule has 1 saturated heterocycles. The van der Waals surface area contributed by atoms with Gasteiger partial charge < -0.3 is 4.90 Å². The lowest BCUT2D eigenvalue weighted by Crippen LogP contribution is -2.33. The minimum atomic E-state index is -0.415. The summed E-state index contributed by atoms with van der Waals surface area (Å²) >= 11 is 0. The third kappa shape index (κ3) is 2.41. The number of nitriles is 1. The SMILES string of the molecule is CC1CCCCCN1c1cccc(F)c1C#N. The third-order valence-electron chi connectivity index (χ3n) is 3.47. The van der Waals surface area contributed by atoms with Gasteiger partial charge in [0.15, 0.2) is 0 Å². The first-order valence-electron chi connectivity index (χ1n) is 6.19. The topological polar surface area (TPSA) is 27.0 Å². The van der Waals surface area contributed by atoms with Crippen LogP contribution < -0.4 is 4.90 Å². The molecular formula is C14H17FN2. The summed E-state index contributed by atoms with van der Waals surface area (Å²) in [6, 6.07) is 7.25. The van der Waals surface area contributed by atoms with Crippen LogP contribution in [-0.4, -0.2) is 12.6 Å². The largest absolute Gasteiger partial charge is 0.368 e. The molecule has 1 atom stereocenters. The standard InChI is InChI=1S/C14H17FN2/c1-11-6-3-2-4-9-17(11)14-8-5-7-13(15)12(14)10-16/h5,7-8,11H,2-4,6,9H2,1H3. The van der Waals surface area contributed by atoms with Crippen LogP contribution in [0.5, 0.6) is 0 Å². The Hall–Kier alpha value is -1.56. The van der Waals surface area contributed by atoms with Crippen LogP contribution in [-0.2, 0) is 0 Å². The number of anilines is 1. The molecule has 1 unspecified atom stereocenters. The molecule has 90 valence electrons. The van der Waals surface area contributed by atoms with E-state index < -0.39 is 5.82 Å². The van der Waals surface area contributed by atoms with Gasteiger partial charge >= 0.3 is 0 Å². The van der Waals surface area contributed by atoms with E-state index in [0.717, 1.165) is 25.1 Å². The summed E-state index contributed by atoms with van der Waals surface area (Å²) in [6.45, 7) is 3.07. The average Bonchev–Trinajstić information content (AvgIpc) is 2.53. The lowest BCUT2D eigenvalue weighted by Gasteiger charge is -2.30. The van der Waals surface area contributed by atoms with E-state index in [1.807, 2.05) is 12.1 Å². The Balaban J connectivity index is 2.38. The molecule has 0 N–H and O–H groups in total. The number of nitrogens with zero attached hydrogens (tertiary/aromatic N) is 2. The molecule has 1 fully saturated rings. The van der Waals surface area contributed by atoms with Gasteiger partial charge in [0.25, 0.3) is 0 Å². The second kappa shape index (κ2) is 5.18. The predicted molar refractivity (Wildman–Crippen MR) is 66.4 cm³/mol. The first-order valence-corrected chi connectivity index (χ1v) is 6.19. The Labute approximate surface area is 102 Å². The van der Waals surface area contributed by atoms with Gasteiger partial charge in [-0.05, 0) is 31.9 Å². The highest BCUT2D eigenvalue weighted by Crippen LogP contribution is 2.28. The molecule has 0 radical (unpaired) electrons. The molecule has 0 spiro atoms. The quantitative estimate of drug-likeness (QED) is 0.741. The van der Waals surface area contributed by atoms with Crippen molar-refractivity contribution in [2.24, 2.45) is 0 Å². The van der Waals surface area contributed by atoms with Crippen LogP contribution in [0, 0.1) is 17.1 Å². The molecule has 1 aromatic rings. The van der Waals surface area contributed by atoms with Gasteiger partial charge in [-0.15, -0.1) is 0 Å².